The number of thioether (sulfide) groups is 1. The lowest BCUT2D eigenvalue weighted by atomic mass is 9.99. The number of hydrogen-bond donors (Lipinski definition) is 3. The summed E-state index contributed by atoms with van der Waals surface area (Å²) in [4.78, 5) is 11.9. The largest absolute Gasteiger partial charge is 0.394 e. The molecule has 0 atom stereocenters. The first-order valence-electron chi connectivity index (χ1n) is 6.98. The standard InChI is InChI=1S/C13H24N2O2S/c16-10-13(5-1-2-6-13)15-12(17)9-18-11-3-7-14-8-4-11/h11,14,16H,1-10H2,(H,15,17). The number of carbonyl (C=O) groups excluding carboxylic acids is 1. The number of aliphatic hydroxyl groups excluding tert-OH is 1. The predicted octanol–water partition coefficient (Wildman–Crippen LogP) is 0.893. The van der Waals surface area contributed by atoms with Crippen LogP contribution >= 0.6 is 11.8 Å². The van der Waals surface area contributed by atoms with Crippen LogP contribution in [0.15, 0.2) is 0 Å². The Balaban J connectivity index is 1.70. The molecule has 0 unspecified atom stereocenters. The fourth-order valence-corrected chi connectivity index (χ4v) is 3.89. The molecule has 1 saturated heterocycles. The maximum atomic E-state index is 11.9. The Kier molecular flexibility index (Phi) is 5.33. The van der Waals surface area contributed by atoms with Gasteiger partial charge in [-0.15, -0.1) is 11.8 Å². The Morgan fingerprint density at radius 3 is 2.61 bits per heavy atom. The van der Waals surface area contributed by atoms with Crippen molar-refractivity contribution >= 4 is 17.7 Å². The maximum Gasteiger partial charge on any atom is 0.230 e. The van der Waals surface area contributed by atoms with Gasteiger partial charge in [0.1, 0.15) is 0 Å². The minimum atomic E-state index is -0.314. The van der Waals surface area contributed by atoms with Gasteiger partial charge in [0, 0.05) is 5.25 Å². The number of rotatable bonds is 5. The van der Waals surface area contributed by atoms with E-state index in [-0.39, 0.29) is 18.1 Å². The minimum absolute atomic E-state index is 0.0801. The first kappa shape index (κ1) is 14.2. The van der Waals surface area contributed by atoms with Gasteiger partial charge in [-0.25, -0.2) is 0 Å². The Morgan fingerprint density at radius 2 is 2.00 bits per heavy atom. The summed E-state index contributed by atoms with van der Waals surface area (Å²) in [5.41, 5.74) is -0.314. The van der Waals surface area contributed by atoms with Crippen LogP contribution in [0.5, 0.6) is 0 Å². The quantitative estimate of drug-likeness (QED) is 0.696. The van der Waals surface area contributed by atoms with Gasteiger partial charge in [-0.1, -0.05) is 12.8 Å². The molecule has 0 spiro atoms. The lowest BCUT2D eigenvalue weighted by Crippen LogP contribution is -2.50. The van der Waals surface area contributed by atoms with Gasteiger partial charge in [-0.2, -0.15) is 0 Å². The Hall–Kier alpha value is -0.260. The van der Waals surface area contributed by atoms with Crippen molar-refractivity contribution < 1.29 is 9.90 Å². The molecule has 4 nitrogen and oxygen atoms in total. The molecule has 0 aromatic rings. The molecule has 2 rings (SSSR count). The van der Waals surface area contributed by atoms with E-state index in [2.05, 4.69) is 10.6 Å². The molecule has 5 heteroatoms. The highest BCUT2D eigenvalue weighted by Crippen LogP contribution is 2.29. The molecular weight excluding hydrogens is 248 g/mol. The van der Waals surface area contributed by atoms with Crippen LogP contribution in [-0.4, -0.2) is 47.3 Å². The van der Waals surface area contributed by atoms with Gasteiger partial charge in [0.15, 0.2) is 0 Å². The van der Waals surface area contributed by atoms with Crippen LogP contribution in [0.2, 0.25) is 0 Å². The van der Waals surface area contributed by atoms with Crippen molar-refractivity contribution in [2.24, 2.45) is 0 Å². The summed E-state index contributed by atoms with van der Waals surface area (Å²) in [5, 5.41) is 16.5. The predicted molar refractivity (Wildman–Crippen MR) is 74.8 cm³/mol. The molecule has 3 N–H and O–H groups in total. The zero-order valence-corrected chi connectivity index (χ0v) is 11.7. The molecule has 0 aromatic heterocycles. The van der Waals surface area contributed by atoms with Crippen LogP contribution in [0, 0.1) is 0 Å². The van der Waals surface area contributed by atoms with Gasteiger partial charge in [0.25, 0.3) is 0 Å². The highest BCUT2D eigenvalue weighted by atomic mass is 32.2. The lowest BCUT2D eigenvalue weighted by molar-refractivity contribution is -0.121. The van der Waals surface area contributed by atoms with Crippen molar-refractivity contribution in [2.75, 3.05) is 25.4 Å². The number of carbonyl (C=O) groups is 1. The molecule has 1 aliphatic carbocycles. The molecule has 18 heavy (non-hydrogen) atoms. The van der Waals surface area contributed by atoms with Crippen molar-refractivity contribution in [3.8, 4) is 0 Å². The van der Waals surface area contributed by atoms with Crippen LogP contribution in [-0.2, 0) is 4.79 Å². The fraction of sp³-hybridized carbons (Fsp3) is 0.923. The van der Waals surface area contributed by atoms with Gasteiger partial charge in [-0.3, -0.25) is 4.79 Å². The Morgan fingerprint density at radius 1 is 1.33 bits per heavy atom. The normalized spacial score (nSPS) is 24.1. The summed E-state index contributed by atoms with van der Waals surface area (Å²) in [6.07, 6.45) is 6.39. The van der Waals surface area contributed by atoms with E-state index in [1.807, 2.05) is 0 Å². The van der Waals surface area contributed by atoms with Crippen LogP contribution in [0.25, 0.3) is 0 Å². The maximum absolute atomic E-state index is 11.9. The smallest absolute Gasteiger partial charge is 0.230 e. The molecule has 1 aliphatic heterocycles. The molecule has 2 aliphatic rings. The van der Waals surface area contributed by atoms with Crippen LogP contribution in [0.4, 0.5) is 0 Å². The summed E-state index contributed by atoms with van der Waals surface area (Å²) in [6, 6.07) is 0. The van der Waals surface area contributed by atoms with Gasteiger partial charge < -0.3 is 15.7 Å². The first-order valence-corrected chi connectivity index (χ1v) is 8.03. The molecule has 1 heterocycles. The first-order chi connectivity index (χ1) is 8.74. The van der Waals surface area contributed by atoms with E-state index in [1.165, 1.54) is 0 Å². The number of amides is 1. The highest BCUT2D eigenvalue weighted by molar-refractivity contribution is 8.00. The second-order valence-corrected chi connectivity index (χ2v) is 6.74. The molecule has 0 bridgehead atoms. The topological polar surface area (TPSA) is 61.4 Å². The van der Waals surface area contributed by atoms with Crippen molar-refractivity contribution in [2.45, 2.75) is 49.3 Å². The summed E-state index contributed by atoms with van der Waals surface area (Å²) >= 11 is 1.76. The summed E-state index contributed by atoms with van der Waals surface area (Å²) in [7, 11) is 0. The van der Waals surface area contributed by atoms with Crippen molar-refractivity contribution in [3.63, 3.8) is 0 Å². The molecule has 0 aromatic carbocycles. The van der Waals surface area contributed by atoms with Gasteiger partial charge in [-0.05, 0) is 38.8 Å². The molecule has 1 amide bonds. The van der Waals surface area contributed by atoms with Crippen LogP contribution in [0.3, 0.4) is 0 Å². The van der Waals surface area contributed by atoms with E-state index >= 15 is 0 Å². The van der Waals surface area contributed by atoms with E-state index in [1.54, 1.807) is 11.8 Å². The monoisotopic (exact) mass is 272 g/mol. The van der Waals surface area contributed by atoms with Gasteiger partial charge >= 0.3 is 0 Å². The average Bonchev–Trinajstić information content (AvgIpc) is 2.87. The average molecular weight is 272 g/mol. The van der Waals surface area contributed by atoms with Gasteiger partial charge in [0.05, 0.1) is 17.9 Å². The van der Waals surface area contributed by atoms with E-state index in [0.717, 1.165) is 51.6 Å². The summed E-state index contributed by atoms with van der Waals surface area (Å²) < 4.78 is 0. The van der Waals surface area contributed by atoms with E-state index in [9.17, 15) is 9.90 Å². The molecule has 1 saturated carbocycles. The zero-order valence-electron chi connectivity index (χ0n) is 10.9. The van der Waals surface area contributed by atoms with Crippen LogP contribution in [0.1, 0.15) is 38.5 Å². The molecular formula is C13H24N2O2S. The third kappa shape index (κ3) is 3.87. The molecule has 0 radical (unpaired) electrons. The third-order valence-electron chi connectivity index (χ3n) is 4.00. The summed E-state index contributed by atoms with van der Waals surface area (Å²) in [6.45, 7) is 2.22. The Bertz CT molecular complexity index is 274. The fourth-order valence-electron chi connectivity index (χ4n) is 2.86. The molecule has 104 valence electrons. The second-order valence-electron chi connectivity index (χ2n) is 5.45. The zero-order chi connectivity index (χ0) is 12.8. The number of piperidine rings is 1. The summed E-state index contributed by atoms with van der Waals surface area (Å²) in [5.74, 6) is 0.626. The van der Waals surface area contributed by atoms with Crippen molar-refractivity contribution in [3.05, 3.63) is 0 Å². The number of aliphatic hydroxyl groups is 1. The van der Waals surface area contributed by atoms with Crippen molar-refractivity contribution in [1.82, 2.24) is 10.6 Å². The third-order valence-corrected chi connectivity index (χ3v) is 5.38. The second kappa shape index (κ2) is 6.78. The minimum Gasteiger partial charge on any atom is -0.394 e. The van der Waals surface area contributed by atoms with E-state index in [4.69, 9.17) is 0 Å². The SMILES string of the molecule is O=C(CSC1CCNCC1)NC1(CO)CCCC1. The van der Waals surface area contributed by atoms with Gasteiger partial charge in [0.2, 0.25) is 5.91 Å². The number of hydrogen-bond acceptors (Lipinski definition) is 4. The number of nitrogens with one attached hydrogen (secondary N) is 2. The Labute approximate surface area is 113 Å². The van der Waals surface area contributed by atoms with Crippen molar-refractivity contribution in [1.29, 1.82) is 0 Å². The lowest BCUT2D eigenvalue weighted by Gasteiger charge is -2.28. The highest BCUT2D eigenvalue weighted by Gasteiger charge is 2.34. The molecule has 2 fully saturated rings. The van der Waals surface area contributed by atoms with E-state index in [0.29, 0.717) is 11.0 Å². The van der Waals surface area contributed by atoms with E-state index < -0.39 is 0 Å². The van der Waals surface area contributed by atoms with Crippen LogP contribution < -0.4 is 10.6 Å².